The van der Waals surface area contributed by atoms with E-state index >= 15 is 0 Å². The number of hydrogen-bond acceptors (Lipinski definition) is 2. The van der Waals surface area contributed by atoms with E-state index in [9.17, 15) is 10.1 Å². The van der Waals surface area contributed by atoms with Gasteiger partial charge in [-0.05, 0) is 48.4 Å². The number of aryl methyl sites for hydroxylation is 3. The van der Waals surface area contributed by atoms with Gasteiger partial charge in [-0.25, -0.2) is 0 Å². The van der Waals surface area contributed by atoms with Gasteiger partial charge in [0.05, 0.1) is 4.92 Å². The second kappa shape index (κ2) is 3.85. The molecular weight excluding hydrogens is 190 g/mol. The van der Waals surface area contributed by atoms with Gasteiger partial charge in [0.25, 0.3) is 0 Å². The molecule has 0 aliphatic heterocycles. The number of rotatable bonds is 2. The van der Waals surface area contributed by atoms with Crippen molar-refractivity contribution in [3.63, 3.8) is 0 Å². The summed E-state index contributed by atoms with van der Waals surface area (Å²) in [6.07, 6.45) is 6.04. The molecule has 0 aromatic heterocycles. The molecule has 0 spiro atoms. The van der Waals surface area contributed by atoms with Crippen LogP contribution in [0.2, 0.25) is 0 Å². The first-order valence-electron chi connectivity index (χ1n) is 5.11. The molecule has 0 N–H and O–H groups in total. The Labute approximate surface area is 88.6 Å². The molecule has 0 saturated carbocycles. The molecule has 0 saturated heterocycles. The van der Waals surface area contributed by atoms with Gasteiger partial charge in [0.1, 0.15) is 0 Å². The summed E-state index contributed by atoms with van der Waals surface area (Å²) in [5.74, 6) is 0. The van der Waals surface area contributed by atoms with Crippen LogP contribution in [0.1, 0.15) is 28.7 Å². The van der Waals surface area contributed by atoms with E-state index in [1.165, 1.54) is 17.5 Å². The average molecular weight is 203 g/mol. The van der Waals surface area contributed by atoms with Crippen LogP contribution in [-0.4, -0.2) is 4.92 Å². The lowest BCUT2D eigenvalue weighted by Gasteiger charge is -2.04. The van der Waals surface area contributed by atoms with Crippen LogP contribution in [0.3, 0.4) is 0 Å². The summed E-state index contributed by atoms with van der Waals surface area (Å²) in [4.78, 5) is 9.81. The van der Waals surface area contributed by atoms with Crippen molar-refractivity contribution in [2.45, 2.75) is 26.2 Å². The van der Waals surface area contributed by atoms with Gasteiger partial charge in [0.2, 0.25) is 6.20 Å². The molecule has 0 amide bonds. The summed E-state index contributed by atoms with van der Waals surface area (Å²) in [5.41, 5.74) is 4.84. The van der Waals surface area contributed by atoms with E-state index in [1.807, 2.05) is 6.92 Å². The van der Waals surface area contributed by atoms with Gasteiger partial charge in [-0.15, -0.1) is 0 Å². The fourth-order valence-electron chi connectivity index (χ4n) is 2.09. The molecule has 3 nitrogen and oxygen atoms in total. The maximum Gasteiger partial charge on any atom is 0.235 e. The van der Waals surface area contributed by atoms with E-state index in [1.54, 1.807) is 6.08 Å². The van der Waals surface area contributed by atoms with Gasteiger partial charge in [-0.3, -0.25) is 10.1 Å². The zero-order valence-electron chi connectivity index (χ0n) is 8.69. The standard InChI is InChI=1S/C12H13NO2/c1-9-7-11-3-2-4-12(11)8-10(9)5-6-13(14)15/h5-8H,2-4H2,1H3. The lowest BCUT2D eigenvalue weighted by atomic mass is 10.0. The molecule has 0 bridgehead atoms. The van der Waals surface area contributed by atoms with Gasteiger partial charge in [-0.2, -0.15) is 0 Å². The van der Waals surface area contributed by atoms with Crippen molar-refractivity contribution in [1.29, 1.82) is 0 Å². The Bertz CT molecular complexity index is 435. The van der Waals surface area contributed by atoms with Gasteiger partial charge in [0, 0.05) is 6.08 Å². The first-order chi connectivity index (χ1) is 7.16. The van der Waals surface area contributed by atoms with Crippen molar-refractivity contribution in [2.75, 3.05) is 0 Å². The predicted octanol–water partition coefficient (Wildman–Crippen LogP) is 2.73. The first kappa shape index (κ1) is 9.90. The van der Waals surface area contributed by atoms with Crippen molar-refractivity contribution in [3.05, 3.63) is 50.7 Å². The van der Waals surface area contributed by atoms with Crippen molar-refractivity contribution >= 4 is 6.08 Å². The SMILES string of the molecule is Cc1cc2c(cc1C=C[N+](=O)[O-])CCC2. The summed E-state index contributed by atoms with van der Waals surface area (Å²) < 4.78 is 0. The molecule has 2 rings (SSSR count). The van der Waals surface area contributed by atoms with Gasteiger partial charge in [-0.1, -0.05) is 12.1 Å². The van der Waals surface area contributed by atoms with E-state index in [4.69, 9.17) is 0 Å². The highest BCUT2D eigenvalue weighted by atomic mass is 16.6. The highest BCUT2D eigenvalue weighted by Crippen LogP contribution is 2.25. The van der Waals surface area contributed by atoms with Crippen LogP contribution < -0.4 is 0 Å². The number of nitrogens with zero attached hydrogens (tertiary/aromatic N) is 1. The maximum absolute atomic E-state index is 10.2. The zero-order chi connectivity index (χ0) is 10.8. The summed E-state index contributed by atoms with van der Waals surface area (Å²) in [5, 5.41) is 10.2. The van der Waals surface area contributed by atoms with Crippen LogP contribution in [0, 0.1) is 17.0 Å². The van der Waals surface area contributed by atoms with Crippen molar-refractivity contribution in [2.24, 2.45) is 0 Å². The lowest BCUT2D eigenvalue weighted by molar-refractivity contribution is -0.400. The van der Waals surface area contributed by atoms with Crippen molar-refractivity contribution in [1.82, 2.24) is 0 Å². The first-order valence-corrected chi connectivity index (χ1v) is 5.11. The number of benzene rings is 1. The number of hydrogen-bond donors (Lipinski definition) is 0. The smallest absolute Gasteiger partial charge is 0.235 e. The fraction of sp³-hybridized carbons (Fsp3) is 0.333. The largest absolute Gasteiger partial charge is 0.259 e. The molecule has 1 aliphatic carbocycles. The molecule has 15 heavy (non-hydrogen) atoms. The van der Waals surface area contributed by atoms with E-state index < -0.39 is 4.92 Å². The van der Waals surface area contributed by atoms with E-state index in [0.29, 0.717) is 0 Å². The molecular formula is C12H13NO2. The normalized spacial score (nSPS) is 14.5. The summed E-state index contributed by atoms with van der Waals surface area (Å²) in [7, 11) is 0. The van der Waals surface area contributed by atoms with E-state index in [2.05, 4.69) is 12.1 Å². The zero-order valence-corrected chi connectivity index (χ0v) is 8.69. The van der Waals surface area contributed by atoms with Crippen LogP contribution in [-0.2, 0) is 12.8 Å². The van der Waals surface area contributed by atoms with E-state index in [-0.39, 0.29) is 0 Å². The topological polar surface area (TPSA) is 43.1 Å². The van der Waals surface area contributed by atoms with Gasteiger partial charge in [0.15, 0.2) is 0 Å². The Balaban J connectivity index is 2.36. The Kier molecular flexibility index (Phi) is 2.54. The molecule has 3 heteroatoms. The Morgan fingerprint density at radius 1 is 1.33 bits per heavy atom. The minimum Gasteiger partial charge on any atom is -0.259 e. The highest BCUT2D eigenvalue weighted by Gasteiger charge is 2.12. The van der Waals surface area contributed by atoms with Crippen LogP contribution >= 0.6 is 0 Å². The lowest BCUT2D eigenvalue weighted by Crippen LogP contribution is -1.89. The maximum atomic E-state index is 10.2. The number of nitro groups is 1. The van der Waals surface area contributed by atoms with Crippen LogP contribution in [0.4, 0.5) is 0 Å². The Morgan fingerprint density at radius 2 is 2.00 bits per heavy atom. The minimum atomic E-state index is -0.424. The number of fused-ring (bicyclic) bond motifs is 1. The molecule has 1 aromatic rings. The predicted molar refractivity (Wildman–Crippen MR) is 59.2 cm³/mol. The van der Waals surface area contributed by atoms with Gasteiger partial charge >= 0.3 is 0 Å². The third-order valence-electron chi connectivity index (χ3n) is 2.86. The molecule has 0 atom stereocenters. The molecule has 0 heterocycles. The van der Waals surface area contributed by atoms with Crippen molar-refractivity contribution in [3.8, 4) is 0 Å². The third kappa shape index (κ3) is 2.06. The van der Waals surface area contributed by atoms with Crippen LogP contribution in [0.25, 0.3) is 6.08 Å². The molecule has 0 radical (unpaired) electrons. The molecule has 78 valence electrons. The van der Waals surface area contributed by atoms with Gasteiger partial charge < -0.3 is 0 Å². The molecule has 1 aromatic carbocycles. The van der Waals surface area contributed by atoms with Crippen LogP contribution in [0.15, 0.2) is 18.3 Å². The average Bonchev–Trinajstić information content (AvgIpc) is 2.60. The quantitative estimate of drug-likeness (QED) is 0.548. The third-order valence-corrected chi connectivity index (χ3v) is 2.86. The Morgan fingerprint density at radius 3 is 2.67 bits per heavy atom. The Hall–Kier alpha value is -1.64. The highest BCUT2D eigenvalue weighted by molar-refractivity contribution is 5.56. The molecule has 1 aliphatic rings. The molecule has 0 unspecified atom stereocenters. The fourth-order valence-corrected chi connectivity index (χ4v) is 2.09. The monoisotopic (exact) mass is 203 g/mol. The summed E-state index contributed by atoms with van der Waals surface area (Å²) in [6.45, 7) is 2.00. The van der Waals surface area contributed by atoms with Crippen LogP contribution in [0.5, 0.6) is 0 Å². The minimum absolute atomic E-state index is 0.424. The summed E-state index contributed by atoms with van der Waals surface area (Å²) in [6, 6.07) is 4.24. The second-order valence-corrected chi connectivity index (χ2v) is 3.93. The van der Waals surface area contributed by atoms with E-state index in [0.717, 1.165) is 30.2 Å². The molecule has 0 fully saturated rings. The van der Waals surface area contributed by atoms with Crippen molar-refractivity contribution < 1.29 is 4.92 Å². The second-order valence-electron chi connectivity index (χ2n) is 3.93. The summed E-state index contributed by atoms with van der Waals surface area (Å²) >= 11 is 0.